The van der Waals surface area contributed by atoms with Crippen molar-refractivity contribution in [3.63, 3.8) is 0 Å². The molecule has 1 aliphatic heterocycles. The average molecular weight is 502 g/mol. The van der Waals surface area contributed by atoms with Crippen LogP contribution in [-0.2, 0) is 4.74 Å². The average Bonchev–Trinajstić information content (AvgIpc) is 2.57. The highest BCUT2D eigenvalue weighted by Crippen LogP contribution is 2.22. The first-order valence-corrected chi connectivity index (χ1v) is 9.76. The second kappa shape index (κ2) is 10.9. The first-order valence-electron chi connectivity index (χ1n) is 9.76. The molecule has 7 heteroatoms. The van der Waals surface area contributed by atoms with Crippen LogP contribution in [0.1, 0.15) is 51.2 Å². The van der Waals surface area contributed by atoms with Gasteiger partial charge < -0.3 is 20.7 Å². The number of nitrogens with two attached hydrogens (primary N) is 1. The molecule has 1 aliphatic rings. The minimum Gasteiger partial charge on any atom is -0.444 e. The number of aliphatic imine (C=N–C) groups is 1. The first-order chi connectivity index (χ1) is 12.6. The van der Waals surface area contributed by atoms with Crippen molar-refractivity contribution in [3.8, 4) is 0 Å². The molecule has 0 spiro atoms. The van der Waals surface area contributed by atoms with Crippen LogP contribution in [0.25, 0.3) is 0 Å². The predicted molar refractivity (Wildman–Crippen MR) is 127 cm³/mol. The summed E-state index contributed by atoms with van der Waals surface area (Å²) in [5, 5.41) is 3.14. The maximum Gasteiger partial charge on any atom is 0.410 e. The molecule has 1 atom stereocenters. The lowest BCUT2D eigenvalue weighted by Gasteiger charge is -2.34. The number of piperidine rings is 1. The molecule has 0 aromatic heterocycles. The van der Waals surface area contributed by atoms with Gasteiger partial charge in [0.25, 0.3) is 0 Å². The van der Waals surface area contributed by atoms with E-state index >= 15 is 0 Å². The molecule has 2 rings (SSSR count). The molecule has 1 amide bonds. The van der Waals surface area contributed by atoms with E-state index in [1.54, 1.807) is 0 Å². The van der Waals surface area contributed by atoms with E-state index in [0.717, 1.165) is 38.0 Å². The van der Waals surface area contributed by atoms with Crippen molar-refractivity contribution in [1.82, 2.24) is 4.90 Å². The van der Waals surface area contributed by atoms with Crippen molar-refractivity contribution in [1.29, 1.82) is 0 Å². The van der Waals surface area contributed by atoms with Gasteiger partial charge in [-0.05, 0) is 83.1 Å². The summed E-state index contributed by atoms with van der Waals surface area (Å²) in [6, 6.07) is 6.14. The van der Waals surface area contributed by atoms with Gasteiger partial charge in [-0.2, -0.15) is 0 Å². The number of ether oxygens (including phenoxy) is 1. The number of amides is 1. The van der Waals surface area contributed by atoms with Crippen LogP contribution >= 0.6 is 24.0 Å². The number of anilines is 1. The Kier molecular flexibility index (Phi) is 9.53. The van der Waals surface area contributed by atoms with Gasteiger partial charge in [0.2, 0.25) is 0 Å². The topological polar surface area (TPSA) is 80.0 Å². The molecular weight excluding hydrogens is 467 g/mol. The van der Waals surface area contributed by atoms with Crippen molar-refractivity contribution in [3.05, 3.63) is 29.3 Å². The summed E-state index contributed by atoms with van der Waals surface area (Å²) in [6.45, 7) is 12.0. The molecule has 0 saturated carbocycles. The van der Waals surface area contributed by atoms with E-state index in [9.17, 15) is 4.79 Å². The van der Waals surface area contributed by atoms with E-state index in [0.29, 0.717) is 18.4 Å². The molecule has 158 valence electrons. The summed E-state index contributed by atoms with van der Waals surface area (Å²) in [5.41, 5.74) is 8.98. The van der Waals surface area contributed by atoms with E-state index < -0.39 is 5.60 Å². The number of benzene rings is 1. The lowest BCUT2D eigenvalue weighted by Crippen LogP contribution is -2.43. The Morgan fingerprint density at radius 2 is 2.04 bits per heavy atom. The summed E-state index contributed by atoms with van der Waals surface area (Å²) in [7, 11) is 0. The summed E-state index contributed by atoms with van der Waals surface area (Å²) < 4.78 is 5.48. The SMILES string of the molecule is Cc1ccc(NC(N)=NCCC2CCCN(C(=O)OC(C)(C)C)C2)cc1C.I. The monoisotopic (exact) mass is 502 g/mol. The predicted octanol–water partition coefficient (Wildman–Crippen LogP) is 4.69. The van der Waals surface area contributed by atoms with Crippen molar-refractivity contribution in [2.75, 3.05) is 25.0 Å². The second-order valence-electron chi connectivity index (χ2n) is 8.41. The zero-order valence-electron chi connectivity index (χ0n) is 17.7. The minimum atomic E-state index is -0.456. The van der Waals surface area contributed by atoms with E-state index in [4.69, 9.17) is 10.5 Å². The van der Waals surface area contributed by atoms with Gasteiger partial charge in [0.05, 0.1) is 0 Å². The van der Waals surface area contributed by atoms with Gasteiger partial charge in [0, 0.05) is 25.3 Å². The van der Waals surface area contributed by atoms with Crippen LogP contribution in [0.3, 0.4) is 0 Å². The molecule has 1 heterocycles. The number of carbonyl (C=O) groups excluding carboxylic acids is 1. The number of likely N-dealkylation sites (tertiary alicyclic amines) is 1. The Hall–Kier alpha value is -1.51. The van der Waals surface area contributed by atoms with Crippen molar-refractivity contribution in [2.24, 2.45) is 16.6 Å². The van der Waals surface area contributed by atoms with Gasteiger partial charge in [0.1, 0.15) is 5.60 Å². The summed E-state index contributed by atoms with van der Waals surface area (Å²) in [5.74, 6) is 0.863. The lowest BCUT2D eigenvalue weighted by atomic mass is 9.95. The number of guanidine groups is 1. The largest absolute Gasteiger partial charge is 0.444 e. The van der Waals surface area contributed by atoms with E-state index in [1.165, 1.54) is 11.1 Å². The van der Waals surface area contributed by atoms with E-state index in [-0.39, 0.29) is 30.1 Å². The molecule has 1 saturated heterocycles. The summed E-state index contributed by atoms with van der Waals surface area (Å²) >= 11 is 0. The van der Waals surface area contributed by atoms with E-state index in [1.807, 2.05) is 31.7 Å². The first kappa shape index (κ1) is 24.5. The van der Waals surface area contributed by atoms with Gasteiger partial charge in [-0.25, -0.2) is 4.79 Å². The zero-order chi connectivity index (χ0) is 20.0. The number of aryl methyl sites for hydroxylation is 2. The lowest BCUT2D eigenvalue weighted by molar-refractivity contribution is 0.0163. The van der Waals surface area contributed by atoms with Gasteiger partial charge in [-0.15, -0.1) is 24.0 Å². The normalized spacial score (nSPS) is 17.7. The van der Waals surface area contributed by atoms with Gasteiger partial charge in [-0.1, -0.05) is 6.07 Å². The Balaban J connectivity index is 0.00000392. The maximum absolute atomic E-state index is 12.2. The van der Waals surface area contributed by atoms with Gasteiger partial charge in [-0.3, -0.25) is 4.99 Å². The molecule has 0 bridgehead atoms. The smallest absolute Gasteiger partial charge is 0.410 e. The van der Waals surface area contributed by atoms with Crippen LogP contribution in [0.5, 0.6) is 0 Å². The number of halogens is 1. The summed E-state index contributed by atoms with van der Waals surface area (Å²) in [4.78, 5) is 18.5. The third-order valence-corrected chi connectivity index (χ3v) is 4.77. The Bertz CT molecular complexity index is 685. The third kappa shape index (κ3) is 8.24. The number of carbonyl (C=O) groups is 1. The van der Waals surface area contributed by atoms with Gasteiger partial charge >= 0.3 is 6.09 Å². The van der Waals surface area contributed by atoms with Crippen LogP contribution < -0.4 is 11.1 Å². The zero-order valence-corrected chi connectivity index (χ0v) is 20.1. The Labute approximate surface area is 186 Å². The van der Waals surface area contributed by atoms with Crippen LogP contribution in [0.2, 0.25) is 0 Å². The fourth-order valence-corrected chi connectivity index (χ4v) is 3.17. The fraction of sp³-hybridized carbons (Fsp3) is 0.619. The third-order valence-electron chi connectivity index (χ3n) is 4.77. The molecule has 0 aliphatic carbocycles. The quantitative estimate of drug-likeness (QED) is 0.356. The molecule has 28 heavy (non-hydrogen) atoms. The molecule has 1 aromatic carbocycles. The Morgan fingerprint density at radius 3 is 2.68 bits per heavy atom. The standard InChI is InChI=1S/C21H34N4O2.HI/c1-15-8-9-18(13-16(15)2)24-19(22)23-11-10-17-7-6-12-25(14-17)20(26)27-21(3,4)5;/h8-9,13,17H,6-7,10-12,14H2,1-5H3,(H3,22,23,24);1H. The number of rotatable bonds is 4. The number of hydrogen-bond donors (Lipinski definition) is 2. The van der Waals surface area contributed by atoms with Crippen LogP contribution in [-0.4, -0.2) is 42.2 Å². The van der Waals surface area contributed by atoms with Crippen LogP contribution in [0.4, 0.5) is 10.5 Å². The molecule has 3 N–H and O–H groups in total. The van der Waals surface area contributed by atoms with Crippen LogP contribution in [0, 0.1) is 19.8 Å². The molecule has 1 aromatic rings. The highest BCUT2D eigenvalue weighted by molar-refractivity contribution is 14.0. The molecule has 0 radical (unpaired) electrons. The van der Waals surface area contributed by atoms with Crippen molar-refractivity contribution < 1.29 is 9.53 Å². The number of nitrogens with zero attached hydrogens (tertiary/aromatic N) is 2. The minimum absolute atomic E-state index is 0. The Morgan fingerprint density at radius 1 is 1.32 bits per heavy atom. The molecule has 1 fully saturated rings. The van der Waals surface area contributed by atoms with Crippen molar-refractivity contribution >= 4 is 41.7 Å². The van der Waals surface area contributed by atoms with E-state index in [2.05, 4.69) is 36.3 Å². The van der Waals surface area contributed by atoms with Crippen LogP contribution in [0.15, 0.2) is 23.2 Å². The highest BCUT2D eigenvalue weighted by atomic mass is 127. The molecular formula is C21H35IN4O2. The summed E-state index contributed by atoms with van der Waals surface area (Å²) in [6.07, 6.45) is 2.81. The second-order valence-corrected chi connectivity index (χ2v) is 8.41. The number of nitrogens with one attached hydrogen (secondary N) is 1. The fourth-order valence-electron chi connectivity index (χ4n) is 3.17. The number of hydrogen-bond acceptors (Lipinski definition) is 3. The van der Waals surface area contributed by atoms with Gasteiger partial charge in [0.15, 0.2) is 5.96 Å². The maximum atomic E-state index is 12.2. The molecule has 1 unspecified atom stereocenters. The highest BCUT2D eigenvalue weighted by Gasteiger charge is 2.27. The molecule has 6 nitrogen and oxygen atoms in total. The van der Waals surface area contributed by atoms with Crippen molar-refractivity contribution in [2.45, 2.75) is 59.5 Å².